The van der Waals surface area contributed by atoms with Crippen molar-refractivity contribution in [3.8, 4) is 0 Å². The first-order valence-electron chi connectivity index (χ1n) is 5.20. The minimum absolute atomic E-state index is 0.251. The van der Waals surface area contributed by atoms with Gasteiger partial charge in [0.05, 0.1) is 0 Å². The Morgan fingerprint density at radius 3 is 3.00 bits per heavy atom. The third-order valence-corrected chi connectivity index (χ3v) is 3.31. The van der Waals surface area contributed by atoms with Gasteiger partial charge in [0, 0.05) is 25.0 Å². The summed E-state index contributed by atoms with van der Waals surface area (Å²) >= 11 is 0. The maximum absolute atomic E-state index is 11.2. The van der Waals surface area contributed by atoms with Crippen LogP contribution in [0.1, 0.15) is 26.7 Å². The van der Waals surface area contributed by atoms with Crippen molar-refractivity contribution in [3.63, 3.8) is 0 Å². The fourth-order valence-electron chi connectivity index (χ4n) is 2.41. The maximum Gasteiger partial charge on any atom is 0.220 e. The molecule has 1 amide bonds. The van der Waals surface area contributed by atoms with Gasteiger partial charge in [-0.2, -0.15) is 0 Å². The first kappa shape index (κ1) is 9.00. The highest BCUT2D eigenvalue weighted by molar-refractivity contribution is 5.79. The quantitative estimate of drug-likeness (QED) is 0.644. The van der Waals surface area contributed by atoms with Gasteiger partial charge in [-0.15, -0.1) is 0 Å². The molecule has 0 spiro atoms. The van der Waals surface area contributed by atoms with Crippen LogP contribution < -0.4 is 5.32 Å². The fourth-order valence-corrected chi connectivity index (χ4v) is 2.41. The summed E-state index contributed by atoms with van der Waals surface area (Å²) in [6, 6.07) is 1.04. The third kappa shape index (κ3) is 1.70. The topological polar surface area (TPSA) is 32.3 Å². The van der Waals surface area contributed by atoms with Crippen molar-refractivity contribution in [1.29, 1.82) is 0 Å². The highest BCUT2D eigenvalue weighted by atomic mass is 16.2. The lowest BCUT2D eigenvalue weighted by Crippen LogP contribution is -2.49. The first-order valence-corrected chi connectivity index (χ1v) is 5.20. The average Bonchev–Trinajstić information content (AvgIpc) is 2.42. The van der Waals surface area contributed by atoms with Crippen LogP contribution in [0, 0.1) is 5.92 Å². The highest BCUT2D eigenvalue weighted by Gasteiger charge is 2.37. The minimum atomic E-state index is 0.251. The number of hydrogen-bond donors (Lipinski definition) is 1. The van der Waals surface area contributed by atoms with Crippen LogP contribution >= 0.6 is 0 Å². The van der Waals surface area contributed by atoms with Crippen LogP contribution in [0.15, 0.2) is 0 Å². The summed E-state index contributed by atoms with van der Waals surface area (Å²) in [4.78, 5) is 13.6. The summed E-state index contributed by atoms with van der Waals surface area (Å²) in [5.74, 6) is 0.864. The van der Waals surface area contributed by atoms with Gasteiger partial charge in [0.2, 0.25) is 5.91 Å². The Bertz CT molecular complexity index is 215. The number of hydrogen-bond acceptors (Lipinski definition) is 2. The van der Waals surface area contributed by atoms with Crippen LogP contribution in [0.25, 0.3) is 0 Å². The molecular formula is C10H18N2O. The van der Waals surface area contributed by atoms with Gasteiger partial charge in [-0.05, 0) is 32.7 Å². The molecule has 0 aliphatic carbocycles. The second-order valence-electron chi connectivity index (χ2n) is 4.52. The van der Waals surface area contributed by atoms with Crippen LogP contribution in [0.4, 0.5) is 0 Å². The molecule has 13 heavy (non-hydrogen) atoms. The molecule has 2 aliphatic rings. The zero-order valence-corrected chi connectivity index (χ0v) is 8.42. The van der Waals surface area contributed by atoms with E-state index in [0.717, 1.165) is 19.5 Å². The molecule has 0 aromatic carbocycles. The molecule has 2 atom stereocenters. The van der Waals surface area contributed by atoms with Gasteiger partial charge in [0.25, 0.3) is 0 Å². The maximum atomic E-state index is 11.2. The van der Waals surface area contributed by atoms with Gasteiger partial charge in [-0.1, -0.05) is 0 Å². The van der Waals surface area contributed by atoms with E-state index >= 15 is 0 Å². The number of piperidine rings is 1. The molecule has 2 unspecified atom stereocenters. The Hall–Kier alpha value is -0.570. The molecule has 0 aromatic rings. The van der Waals surface area contributed by atoms with E-state index in [4.69, 9.17) is 0 Å². The number of fused-ring (bicyclic) bond motifs is 1. The van der Waals surface area contributed by atoms with Crippen molar-refractivity contribution < 1.29 is 4.79 Å². The molecule has 0 bridgehead atoms. The van der Waals surface area contributed by atoms with Crippen molar-refractivity contribution in [2.45, 2.75) is 38.8 Å². The number of amides is 1. The number of likely N-dealkylation sites (tertiary alicyclic amines) is 1. The Kier molecular flexibility index (Phi) is 2.28. The Morgan fingerprint density at radius 1 is 1.54 bits per heavy atom. The van der Waals surface area contributed by atoms with E-state index in [0.29, 0.717) is 18.0 Å². The highest BCUT2D eigenvalue weighted by Crippen LogP contribution is 2.26. The fraction of sp³-hybridized carbons (Fsp3) is 0.900. The molecule has 3 heteroatoms. The van der Waals surface area contributed by atoms with Gasteiger partial charge in [0.1, 0.15) is 0 Å². The number of nitrogens with zero attached hydrogens (tertiary/aromatic N) is 1. The summed E-state index contributed by atoms with van der Waals surface area (Å²) in [7, 11) is 0. The van der Waals surface area contributed by atoms with Gasteiger partial charge >= 0.3 is 0 Å². The molecule has 2 rings (SSSR count). The minimum Gasteiger partial charge on any atom is -0.352 e. The summed E-state index contributed by atoms with van der Waals surface area (Å²) in [5.41, 5.74) is 0. The van der Waals surface area contributed by atoms with Crippen LogP contribution in [0.5, 0.6) is 0 Å². The summed E-state index contributed by atoms with van der Waals surface area (Å²) in [6.07, 6.45) is 1.94. The molecule has 0 aromatic heterocycles. The lowest BCUT2D eigenvalue weighted by atomic mass is 9.92. The van der Waals surface area contributed by atoms with E-state index in [1.165, 1.54) is 6.42 Å². The molecule has 2 saturated heterocycles. The van der Waals surface area contributed by atoms with E-state index in [-0.39, 0.29) is 5.91 Å². The SMILES string of the molecule is CC(C)N1CCC2CC(=O)NC2C1. The van der Waals surface area contributed by atoms with Crippen molar-refractivity contribution in [3.05, 3.63) is 0 Å². The predicted molar refractivity (Wildman–Crippen MR) is 51.4 cm³/mol. The number of carbonyl (C=O) groups excluding carboxylic acids is 1. The van der Waals surface area contributed by atoms with E-state index in [1.54, 1.807) is 0 Å². The van der Waals surface area contributed by atoms with Gasteiger partial charge < -0.3 is 5.32 Å². The van der Waals surface area contributed by atoms with Crippen LogP contribution in [0.2, 0.25) is 0 Å². The number of carbonyl (C=O) groups is 1. The summed E-state index contributed by atoms with van der Waals surface area (Å²) < 4.78 is 0. The zero-order chi connectivity index (χ0) is 9.42. The predicted octanol–water partition coefficient (Wildman–Crippen LogP) is 0.605. The van der Waals surface area contributed by atoms with Crippen LogP contribution in [-0.4, -0.2) is 36.0 Å². The monoisotopic (exact) mass is 182 g/mol. The molecule has 2 fully saturated rings. The van der Waals surface area contributed by atoms with E-state index in [2.05, 4.69) is 24.1 Å². The molecule has 0 radical (unpaired) electrons. The van der Waals surface area contributed by atoms with E-state index in [1.807, 2.05) is 0 Å². The van der Waals surface area contributed by atoms with Gasteiger partial charge in [-0.3, -0.25) is 9.69 Å². The lowest BCUT2D eigenvalue weighted by molar-refractivity contribution is -0.119. The van der Waals surface area contributed by atoms with Crippen molar-refractivity contribution in [2.24, 2.45) is 5.92 Å². The van der Waals surface area contributed by atoms with E-state index in [9.17, 15) is 4.79 Å². The molecule has 3 nitrogen and oxygen atoms in total. The summed E-state index contributed by atoms with van der Waals surface area (Å²) in [6.45, 7) is 6.65. The van der Waals surface area contributed by atoms with Crippen molar-refractivity contribution in [2.75, 3.05) is 13.1 Å². The normalized spacial score (nSPS) is 34.8. The van der Waals surface area contributed by atoms with Crippen molar-refractivity contribution >= 4 is 5.91 Å². The Balaban J connectivity index is 1.97. The standard InChI is InChI=1S/C10H18N2O/c1-7(2)12-4-3-8-5-10(13)11-9(8)6-12/h7-9H,3-6H2,1-2H3,(H,11,13). The Morgan fingerprint density at radius 2 is 2.31 bits per heavy atom. The summed E-state index contributed by atoms with van der Waals surface area (Å²) in [5, 5.41) is 3.06. The lowest BCUT2D eigenvalue weighted by Gasteiger charge is -2.36. The van der Waals surface area contributed by atoms with E-state index < -0.39 is 0 Å². The molecule has 0 saturated carbocycles. The molecule has 1 N–H and O–H groups in total. The smallest absolute Gasteiger partial charge is 0.220 e. The molecule has 2 heterocycles. The van der Waals surface area contributed by atoms with Crippen LogP contribution in [0.3, 0.4) is 0 Å². The van der Waals surface area contributed by atoms with Gasteiger partial charge in [0.15, 0.2) is 0 Å². The third-order valence-electron chi connectivity index (χ3n) is 3.31. The largest absolute Gasteiger partial charge is 0.352 e. The Labute approximate surface area is 79.5 Å². The molecule has 74 valence electrons. The van der Waals surface area contributed by atoms with Crippen molar-refractivity contribution in [1.82, 2.24) is 10.2 Å². The second kappa shape index (κ2) is 3.29. The van der Waals surface area contributed by atoms with Gasteiger partial charge in [-0.25, -0.2) is 0 Å². The molecule has 2 aliphatic heterocycles. The zero-order valence-electron chi connectivity index (χ0n) is 8.42. The number of nitrogens with one attached hydrogen (secondary N) is 1. The number of rotatable bonds is 1. The average molecular weight is 182 g/mol. The first-order chi connectivity index (χ1) is 6.16. The molecular weight excluding hydrogens is 164 g/mol. The second-order valence-corrected chi connectivity index (χ2v) is 4.52. The van der Waals surface area contributed by atoms with Crippen LogP contribution in [-0.2, 0) is 4.79 Å².